The molecule has 0 radical (unpaired) electrons. The van der Waals surface area contributed by atoms with Crippen molar-refractivity contribution < 1.29 is 0 Å². The van der Waals surface area contributed by atoms with Crippen molar-refractivity contribution in [1.29, 1.82) is 0 Å². The van der Waals surface area contributed by atoms with Gasteiger partial charge in [0.2, 0.25) is 0 Å². The third-order valence-electron chi connectivity index (χ3n) is 4.01. The normalized spacial score (nSPS) is 17.6. The first kappa shape index (κ1) is 15.4. The monoisotopic (exact) mass is 297 g/mol. The molecule has 0 bridgehead atoms. The topological polar surface area (TPSA) is 46.9 Å². The highest BCUT2D eigenvalue weighted by molar-refractivity contribution is 6.32. The summed E-state index contributed by atoms with van der Waals surface area (Å²) in [5.41, 5.74) is 0.458. The maximum atomic E-state index is 12.2. The van der Waals surface area contributed by atoms with Crippen LogP contribution in [-0.2, 0) is 6.54 Å². The number of hydrogen-bond acceptors (Lipinski definition) is 3. The minimum atomic E-state index is -0.205. The highest BCUT2D eigenvalue weighted by atomic mass is 35.5. The number of halogens is 1. The first-order valence-electron chi connectivity index (χ1n) is 7.51. The van der Waals surface area contributed by atoms with Gasteiger partial charge in [-0.2, -0.15) is 5.10 Å². The summed E-state index contributed by atoms with van der Waals surface area (Å²) in [6.07, 6.45) is 6.79. The molecule has 20 heavy (non-hydrogen) atoms. The molecule has 1 aromatic heterocycles. The highest BCUT2D eigenvalue weighted by Gasteiger charge is 2.22. The van der Waals surface area contributed by atoms with Gasteiger partial charge in [0.05, 0.1) is 11.9 Å². The van der Waals surface area contributed by atoms with Crippen LogP contribution >= 0.6 is 11.6 Å². The summed E-state index contributed by atoms with van der Waals surface area (Å²) in [6, 6.07) is 0.331. The van der Waals surface area contributed by atoms with Crippen LogP contribution in [0.2, 0.25) is 5.02 Å². The zero-order valence-corrected chi connectivity index (χ0v) is 13.3. The Labute approximate surface area is 125 Å². The Balaban J connectivity index is 2.12. The SMILES string of the molecule is CC(C)Cn1ncc(NC(C)C2CCCC2)c(Cl)c1=O. The lowest BCUT2D eigenvalue weighted by molar-refractivity contribution is 0.461. The number of nitrogens with zero attached hydrogens (tertiary/aromatic N) is 2. The fourth-order valence-electron chi connectivity index (χ4n) is 2.86. The Morgan fingerprint density at radius 1 is 1.40 bits per heavy atom. The van der Waals surface area contributed by atoms with Gasteiger partial charge in [-0.15, -0.1) is 0 Å². The second kappa shape index (κ2) is 6.61. The molecule has 1 aliphatic carbocycles. The molecule has 1 N–H and O–H groups in total. The van der Waals surface area contributed by atoms with E-state index in [0.717, 1.165) is 0 Å². The minimum absolute atomic E-state index is 0.205. The lowest BCUT2D eigenvalue weighted by Crippen LogP contribution is -2.29. The molecule has 1 unspecified atom stereocenters. The molecule has 4 nitrogen and oxygen atoms in total. The second-order valence-corrected chi connectivity index (χ2v) is 6.61. The Hall–Kier alpha value is -1.03. The van der Waals surface area contributed by atoms with Crippen molar-refractivity contribution in [2.24, 2.45) is 11.8 Å². The Bertz CT molecular complexity index is 506. The van der Waals surface area contributed by atoms with E-state index in [1.807, 2.05) is 0 Å². The van der Waals surface area contributed by atoms with E-state index >= 15 is 0 Å². The first-order valence-corrected chi connectivity index (χ1v) is 7.89. The summed E-state index contributed by atoms with van der Waals surface area (Å²) in [7, 11) is 0. The Kier molecular flexibility index (Phi) is 5.08. The third kappa shape index (κ3) is 3.54. The van der Waals surface area contributed by atoms with Crippen molar-refractivity contribution in [3.05, 3.63) is 21.6 Å². The fraction of sp³-hybridized carbons (Fsp3) is 0.733. The standard InChI is InChI=1S/C15H24ClN3O/c1-10(2)9-19-15(20)14(16)13(8-17-19)18-11(3)12-6-4-5-7-12/h8,10-12,18H,4-7,9H2,1-3H3. The summed E-state index contributed by atoms with van der Waals surface area (Å²) in [5, 5.41) is 7.84. The molecule has 2 rings (SSSR count). The smallest absolute Gasteiger partial charge is 0.287 e. The molecular weight excluding hydrogens is 274 g/mol. The molecule has 0 aliphatic heterocycles. The van der Waals surface area contributed by atoms with Crippen LogP contribution in [0.3, 0.4) is 0 Å². The molecule has 1 heterocycles. The molecule has 1 aliphatic rings. The van der Waals surface area contributed by atoms with Gasteiger partial charge in [0.15, 0.2) is 0 Å². The van der Waals surface area contributed by atoms with Gasteiger partial charge in [0.25, 0.3) is 5.56 Å². The van der Waals surface area contributed by atoms with Crippen LogP contribution in [0.1, 0.15) is 46.5 Å². The summed E-state index contributed by atoms with van der Waals surface area (Å²) in [5.74, 6) is 1.04. The van der Waals surface area contributed by atoms with Crippen molar-refractivity contribution in [2.75, 3.05) is 5.32 Å². The lowest BCUT2D eigenvalue weighted by Gasteiger charge is -2.22. The number of aromatic nitrogens is 2. The molecule has 5 heteroatoms. The third-order valence-corrected chi connectivity index (χ3v) is 4.38. The molecule has 1 aromatic rings. The average Bonchev–Trinajstić information content (AvgIpc) is 2.92. The van der Waals surface area contributed by atoms with E-state index in [9.17, 15) is 4.79 Å². The van der Waals surface area contributed by atoms with Gasteiger partial charge in [0, 0.05) is 12.6 Å². The van der Waals surface area contributed by atoms with Crippen molar-refractivity contribution in [3.8, 4) is 0 Å². The van der Waals surface area contributed by atoms with Gasteiger partial charge in [-0.3, -0.25) is 4.79 Å². The summed E-state index contributed by atoms with van der Waals surface area (Å²) >= 11 is 6.20. The van der Waals surface area contributed by atoms with Crippen molar-refractivity contribution in [2.45, 2.75) is 59.0 Å². The molecule has 0 spiro atoms. The number of anilines is 1. The van der Waals surface area contributed by atoms with E-state index in [0.29, 0.717) is 30.1 Å². The molecule has 0 amide bonds. The molecule has 112 valence electrons. The maximum absolute atomic E-state index is 12.2. The van der Waals surface area contributed by atoms with E-state index in [-0.39, 0.29) is 10.6 Å². The maximum Gasteiger partial charge on any atom is 0.287 e. The van der Waals surface area contributed by atoms with Crippen molar-refractivity contribution >= 4 is 17.3 Å². The van der Waals surface area contributed by atoms with Crippen LogP contribution < -0.4 is 10.9 Å². The minimum Gasteiger partial charge on any atom is -0.380 e. The largest absolute Gasteiger partial charge is 0.380 e. The van der Waals surface area contributed by atoms with Crippen LogP contribution in [0.5, 0.6) is 0 Å². The Morgan fingerprint density at radius 2 is 2.05 bits per heavy atom. The predicted octanol–water partition coefficient (Wildman–Crippen LogP) is 3.54. The van der Waals surface area contributed by atoms with Gasteiger partial charge in [-0.1, -0.05) is 38.3 Å². The predicted molar refractivity (Wildman–Crippen MR) is 83.4 cm³/mol. The van der Waals surface area contributed by atoms with Crippen LogP contribution in [0.15, 0.2) is 11.0 Å². The molecule has 0 aromatic carbocycles. The number of rotatable bonds is 5. The second-order valence-electron chi connectivity index (χ2n) is 6.23. The van der Waals surface area contributed by atoms with Gasteiger partial charge < -0.3 is 5.32 Å². The fourth-order valence-corrected chi connectivity index (χ4v) is 3.06. The van der Waals surface area contributed by atoms with Crippen LogP contribution in [-0.4, -0.2) is 15.8 Å². The van der Waals surface area contributed by atoms with Crippen LogP contribution in [0, 0.1) is 11.8 Å². The van der Waals surface area contributed by atoms with Gasteiger partial charge in [0.1, 0.15) is 5.02 Å². The first-order chi connectivity index (χ1) is 9.49. The zero-order chi connectivity index (χ0) is 14.7. The molecular formula is C15H24ClN3O. The van der Waals surface area contributed by atoms with Crippen molar-refractivity contribution in [1.82, 2.24) is 9.78 Å². The van der Waals surface area contributed by atoms with E-state index < -0.39 is 0 Å². The summed E-state index contributed by atoms with van der Waals surface area (Å²) in [6.45, 7) is 6.86. The summed E-state index contributed by atoms with van der Waals surface area (Å²) in [4.78, 5) is 12.2. The quantitative estimate of drug-likeness (QED) is 0.904. The molecule has 1 fully saturated rings. The van der Waals surface area contributed by atoms with Gasteiger partial charge >= 0.3 is 0 Å². The van der Waals surface area contributed by atoms with E-state index in [1.165, 1.54) is 30.4 Å². The molecule has 0 saturated heterocycles. The highest BCUT2D eigenvalue weighted by Crippen LogP contribution is 2.30. The van der Waals surface area contributed by atoms with Gasteiger partial charge in [-0.25, -0.2) is 4.68 Å². The van der Waals surface area contributed by atoms with Crippen LogP contribution in [0.4, 0.5) is 5.69 Å². The zero-order valence-electron chi connectivity index (χ0n) is 12.5. The molecule has 1 atom stereocenters. The van der Waals surface area contributed by atoms with Gasteiger partial charge in [-0.05, 0) is 31.6 Å². The number of hydrogen-bond donors (Lipinski definition) is 1. The Morgan fingerprint density at radius 3 is 2.65 bits per heavy atom. The molecule has 1 saturated carbocycles. The lowest BCUT2D eigenvalue weighted by atomic mass is 10.00. The average molecular weight is 298 g/mol. The van der Waals surface area contributed by atoms with Crippen molar-refractivity contribution in [3.63, 3.8) is 0 Å². The van der Waals surface area contributed by atoms with E-state index in [4.69, 9.17) is 11.6 Å². The summed E-state index contributed by atoms with van der Waals surface area (Å²) < 4.78 is 1.44. The van der Waals surface area contributed by atoms with E-state index in [1.54, 1.807) is 6.20 Å². The van der Waals surface area contributed by atoms with Crippen LogP contribution in [0.25, 0.3) is 0 Å². The van der Waals surface area contributed by atoms with E-state index in [2.05, 4.69) is 31.2 Å². The number of nitrogens with one attached hydrogen (secondary N) is 1.